The van der Waals surface area contributed by atoms with E-state index in [4.69, 9.17) is 4.74 Å². The van der Waals surface area contributed by atoms with Crippen molar-refractivity contribution in [3.05, 3.63) is 65.5 Å². The number of nitrogens with zero attached hydrogens (tertiary/aromatic N) is 1. The Balaban J connectivity index is 2.20. The molecule has 6 heteroatoms. The quantitative estimate of drug-likeness (QED) is 0.591. The Morgan fingerprint density at radius 3 is 2.12 bits per heavy atom. The minimum atomic E-state index is -0.668. The van der Waals surface area contributed by atoms with Crippen molar-refractivity contribution in [1.82, 2.24) is 10.2 Å². The van der Waals surface area contributed by atoms with E-state index in [1.54, 1.807) is 12.1 Å². The van der Waals surface area contributed by atoms with Crippen LogP contribution in [0.25, 0.3) is 0 Å². The third-order valence-corrected chi connectivity index (χ3v) is 5.06. The highest BCUT2D eigenvalue weighted by Gasteiger charge is 2.30. The predicted molar refractivity (Wildman–Crippen MR) is 125 cm³/mol. The molecule has 1 N–H and O–H groups in total. The Kier molecular flexibility index (Phi) is 8.81. The second-order valence-corrected chi connectivity index (χ2v) is 9.32. The van der Waals surface area contributed by atoms with Gasteiger partial charge in [-0.3, -0.25) is 9.59 Å². The average Bonchev–Trinajstić information content (AvgIpc) is 2.72. The largest absolute Gasteiger partial charge is 0.484 e. The molecule has 1 atom stereocenters. The molecule has 0 spiro atoms. The second-order valence-electron chi connectivity index (χ2n) is 9.32. The molecule has 1 unspecified atom stereocenters. The molecule has 2 amide bonds. The first kappa shape index (κ1) is 25.4. The van der Waals surface area contributed by atoms with E-state index >= 15 is 0 Å². The Morgan fingerprint density at radius 2 is 1.62 bits per heavy atom. The van der Waals surface area contributed by atoms with Crippen LogP contribution in [0, 0.1) is 5.82 Å². The number of rotatable bonds is 9. The Labute approximate surface area is 191 Å². The first-order valence-electron chi connectivity index (χ1n) is 11.1. The maximum absolute atomic E-state index is 13.3. The molecule has 2 aromatic carbocycles. The molecule has 2 rings (SSSR count). The Morgan fingerprint density at radius 1 is 1.03 bits per heavy atom. The molecular formula is C26H35FN2O3. The lowest BCUT2D eigenvalue weighted by atomic mass is 10.0. The zero-order chi connectivity index (χ0) is 23.9. The first-order valence-corrected chi connectivity index (χ1v) is 11.1. The van der Waals surface area contributed by atoms with Gasteiger partial charge < -0.3 is 15.0 Å². The van der Waals surface area contributed by atoms with E-state index in [2.05, 4.69) is 19.2 Å². The zero-order valence-electron chi connectivity index (χ0n) is 19.9. The van der Waals surface area contributed by atoms with Crippen LogP contribution >= 0.6 is 0 Å². The summed E-state index contributed by atoms with van der Waals surface area (Å²) in [6.45, 7) is 11.8. The van der Waals surface area contributed by atoms with E-state index in [1.165, 1.54) is 22.6 Å². The molecule has 0 aliphatic rings. The standard InChI is InChI=1S/C26H35FN2O3/c1-7-23(25(31)28-26(4,5)6)29(16-19-8-12-21(27)13-9-19)24(30)17-32-22-14-10-20(11-15-22)18(2)3/h8-15,18,23H,7,16-17H2,1-6H3,(H,28,31). The van der Waals surface area contributed by atoms with Gasteiger partial charge in [-0.25, -0.2) is 4.39 Å². The van der Waals surface area contributed by atoms with Gasteiger partial charge in [0.2, 0.25) is 5.91 Å². The third kappa shape index (κ3) is 7.66. The number of amides is 2. The number of carbonyl (C=O) groups is 2. The van der Waals surface area contributed by atoms with Crippen LogP contribution in [0.2, 0.25) is 0 Å². The van der Waals surface area contributed by atoms with Gasteiger partial charge in [0, 0.05) is 12.1 Å². The van der Waals surface area contributed by atoms with Crippen molar-refractivity contribution in [3.8, 4) is 5.75 Å². The molecule has 0 aliphatic carbocycles. The molecule has 0 saturated heterocycles. The number of halogens is 1. The Bertz CT molecular complexity index is 887. The highest BCUT2D eigenvalue weighted by molar-refractivity contribution is 5.88. The topological polar surface area (TPSA) is 58.6 Å². The number of ether oxygens (including phenoxy) is 1. The maximum atomic E-state index is 13.3. The SMILES string of the molecule is CCC(C(=O)NC(C)(C)C)N(Cc1ccc(F)cc1)C(=O)COc1ccc(C(C)C)cc1. The highest BCUT2D eigenvalue weighted by Crippen LogP contribution is 2.19. The molecule has 174 valence electrons. The lowest BCUT2D eigenvalue weighted by Gasteiger charge is -2.33. The van der Waals surface area contributed by atoms with Crippen molar-refractivity contribution < 1.29 is 18.7 Å². The van der Waals surface area contributed by atoms with Gasteiger partial charge in [0.15, 0.2) is 6.61 Å². The van der Waals surface area contributed by atoms with Gasteiger partial charge in [-0.05, 0) is 68.5 Å². The smallest absolute Gasteiger partial charge is 0.261 e. The van der Waals surface area contributed by atoms with E-state index in [9.17, 15) is 14.0 Å². The molecule has 0 heterocycles. The van der Waals surface area contributed by atoms with Crippen LogP contribution < -0.4 is 10.1 Å². The molecular weight excluding hydrogens is 407 g/mol. The van der Waals surface area contributed by atoms with Gasteiger partial charge in [0.1, 0.15) is 17.6 Å². The molecule has 0 aliphatic heterocycles. The molecule has 2 aromatic rings. The van der Waals surface area contributed by atoms with Crippen molar-refractivity contribution in [2.75, 3.05) is 6.61 Å². The minimum Gasteiger partial charge on any atom is -0.484 e. The average molecular weight is 443 g/mol. The fraction of sp³-hybridized carbons (Fsp3) is 0.462. The molecule has 0 radical (unpaired) electrons. The van der Waals surface area contributed by atoms with Crippen LogP contribution in [0.5, 0.6) is 5.75 Å². The van der Waals surface area contributed by atoms with Crippen LogP contribution in [0.15, 0.2) is 48.5 Å². The summed E-state index contributed by atoms with van der Waals surface area (Å²) in [5, 5.41) is 2.96. The minimum absolute atomic E-state index is 0.185. The fourth-order valence-corrected chi connectivity index (χ4v) is 3.34. The van der Waals surface area contributed by atoms with E-state index in [1.807, 2.05) is 52.0 Å². The third-order valence-electron chi connectivity index (χ3n) is 5.06. The van der Waals surface area contributed by atoms with E-state index in [0.717, 1.165) is 5.56 Å². The second kappa shape index (κ2) is 11.1. The van der Waals surface area contributed by atoms with Crippen LogP contribution in [-0.4, -0.2) is 34.9 Å². The van der Waals surface area contributed by atoms with Crippen LogP contribution in [-0.2, 0) is 16.1 Å². The van der Waals surface area contributed by atoms with Gasteiger partial charge in [-0.1, -0.05) is 45.0 Å². The van der Waals surface area contributed by atoms with Gasteiger partial charge in [0.05, 0.1) is 0 Å². The van der Waals surface area contributed by atoms with Crippen molar-refractivity contribution in [1.29, 1.82) is 0 Å². The summed E-state index contributed by atoms with van der Waals surface area (Å²) in [6.07, 6.45) is 0.442. The van der Waals surface area contributed by atoms with E-state index in [-0.39, 0.29) is 30.8 Å². The molecule has 0 saturated carbocycles. The lowest BCUT2D eigenvalue weighted by molar-refractivity contribution is -0.143. The van der Waals surface area contributed by atoms with Gasteiger partial charge in [0.25, 0.3) is 5.91 Å². The summed E-state index contributed by atoms with van der Waals surface area (Å²) in [4.78, 5) is 27.6. The zero-order valence-corrected chi connectivity index (χ0v) is 19.9. The van der Waals surface area contributed by atoms with Crippen LogP contribution in [0.3, 0.4) is 0 Å². The number of benzene rings is 2. The van der Waals surface area contributed by atoms with Crippen molar-refractivity contribution in [3.63, 3.8) is 0 Å². The predicted octanol–water partition coefficient (Wildman–Crippen LogP) is 5.05. The summed E-state index contributed by atoms with van der Waals surface area (Å²) < 4.78 is 19.1. The fourth-order valence-electron chi connectivity index (χ4n) is 3.34. The molecule has 5 nitrogen and oxygen atoms in total. The number of hydrogen-bond donors (Lipinski definition) is 1. The van der Waals surface area contributed by atoms with Crippen molar-refractivity contribution in [2.45, 2.75) is 72.0 Å². The Hall–Kier alpha value is -2.89. The van der Waals surface area contributed by atoms with Gasteiger partial charge in [-0.15, -0.1) is 0 Å². The maximum Gasteiger partial charge on any atom is 0.261 e. The van der Waals surface area contributed by atoms with Crippen LogP contribution in [0.4, 0.5) is 4.39 Å². The number of hydrogen-bond acceptors (Lipinski definition) is 3. The van der Waals surface area contributed by atoms with E-state index in [0.29, 0.717) is 18.1 Å². The van der Waals surface area contributed by atoms with Crippen molar-refractivity contribution >= 4 is 11.8 Å². The molecule has 32 heavy (non-hydrogen) atoms. The monoisotopic (exact) mass is 442 g/mol. The summed E-state index contributed by atoms with van der Waals surface area (Å²) in [6, 6.07) is 12.9. The summed E-state index contributed by atoms with van der Waals surface area (Å²) in [5.41, 5.74) is 1.50. The lowest BCUT2D eigenvalue weighted by Crippen LogP contribution is -2.54. The summed E-state index contributed by atoms with van der Waals surface area (Å²) in [7, 11) is 0. The van der Waals surface area contributed by atoms with Crippen LogP contribution in [0.1, 0.15) is 65.0 Å². The summed E-state index contributed by atoms with van der Waals surface area (Å²) in [5.74, 6) is 0.118. The molecule has 0 fully saturated rings. The summed E-state index contributed by atoms with van der Waals surface area (Å²) >= 11 is 0. The van der Waals surface area contributed by atoms with E-state index < -0.39 is 11.6 Å². The molecule has 0 aromatic heterocycles. The van der Waals surface area contributed by atoms with Gasteiger partial charge >= 0.3 is 0 Å². The van der Waals surface area contributed by atoms with Gasteiger partial charge in [-0.2, -0.15) is 0 Å². The first-order chi connectivity index (χ1) is 15.0. The number of carbonyl (C=O) groups excluding carboxylic acids is 2. The van der Waals surface area contributed by atoms with Crippen molar-refractivity contribution in [2.24, 2.45) is 0 Å². The molecule has 0 bridgehead atoms. The highest BCUT2D eigenvalue weighted by atomic mass is 19.1. The normalized spacial score (nSPS) is 12.4. The number of nitrogens with one attached hydrogen (secondary N) is 1.